The van der Waals surface area contributed by atoms with Crippen LogP contribution in [0, 0.1) is 12.9 Å². The van der Waals surface area contributed by atoms with E-state index in [0.29, 0.717) is 48.0 Å². The van der Waals surface area contributed by atoms with E-state index in [-0.39, 0.29) is 5.69 Å². The number of nitrogens with two attached hydrogens (primary N) is 1. The van der Waals surface area contributed by atoms with Crippen molar-refractivity contribution in [2.24, 2.45) is 5.73 Å². The van der Waals surface area contributed by atoms with E-state index in [0.717, 1.165) is 11.3 Å². The fourth-order valence-corrected chi connectivity index (χ4v) is 5.17. The molecule has 14 heteroatoms. The summed E-state index contributed by atoms with van der Waals surface area (Å²) in [6.07, 6.45) is 4.08. The number of aromatic nitrogens is 5. The van der Waals surface area contributed by atoms with Gasteiger partial charge in [-0.15, -0.1) is 0 Å². The van der Waals surface area contributed by atoms with Crippen LogP contribution in [0.15, 0.2) is 73.2 Å². The van der Waals surface area contributed by atoms with Crippen molar-refractivity contribution in [1.82, 2.24) is 34.5 Å². The van der Waals surface area contributed by atoms with E-state index in [1.807, 2.05) is 43.3 Å². The van der Waals surface area contributed by atoms with Gasteiger partial charge in [-0.05, 0) is 48.9 Å². The van der Waals surface area contributed by atoms with Crippen LogP contribution in [0.2, 0.25) is 0 Å². The molecule has 4 N–H and O–H groups in total. The monoisotopic (exact) mass is 599 g/mol. The summed E-state index contributed by atoms with van der Waals surface area (Å²) >= 11 is 0. The molecule has 1 fully saturated rings. The maximum atomic E-state index is 14.0. The normalized spacial score (nSPS) is 16.8. The number of pyridine rings is 2. The standard InChI is InChI=1S/C30H30FN9O4/c1-18-26(20-8-9-25-34-23(28(32)41)16-38(25)15-20)37-40(21-6-4-3-5-7-21)29(18)36-30(42)35-22-17-39(12-13-43-2)44-27(22)19-10-11-33-24(31)14-19/h3-11,14-16,22,27H,12-13,17H2,1-2H3,(H2,32,41)(H2,35,36,42)/t22-,27+/m1/s1. The fraction of sp³-hybridized carbons (Fsp3) is 0.233. The van der Waals surface area contributed by atoms with Crippen molar-refractivity contribution in [1.29, 1.82) is 0 Å². The summed E-state index contributed by atoms with van der Waals surface area (Å²) in [5.41, 5.74) is 9.45. The minimum atomic E-state index is -0.641. The van der Waals surface area contributed by atoms with Crippen LogP contribution < -0.4 is 16.4 Å². The first-order valence-electron chi connectivity index (χ1n) is 13.8. The van der Waals surface area contributed by atoms with Crippen LogP contribution in [0.25, 0.3) is 22.6 Å². The smallest absolute Gasteiger partial charge is 0.320 e. The van der Waals surface area contributed by atoms with Gasteiger partial charge in [0.05, 0.1) is 24.0 Å². The number of benzene rings is 1. The van der Waals surface area contributed by atoms with Crippen molar-refractivity contribution in [3.05, 3.63) is 96.0 Å². The van der Waals surface area contributed by atoms with Crippen LogP contribution in [0.1, 0.15) is 27.7 Å². The molecule has 1 aliphatic heterocycles. The second kappa shape index (κ2) is 12.2. The van der Waals surface area contributed by atoms with Crippen molar-refractivity contribution in [2.45, 2.75) is 19.1 Å². The Morgan fingerprint density at radius 2 is 1.98 bits per heavy atom. The summed E-state index contributed by atoms with van der Waals surface area (Å²) in [6, 6.07) is 15.0. The number of carbonyl (C=O) groups excluding carboxylic acids is 2. The van der Waals surface area contributed by atoms with Crippen LogP contribution in [0.5, 0.6) is 0 Å². The first-order chi connectivity index (χ1) is 21.3. The number of hydrogen-bond donors (Lipinski definition) is 3. The van der Waals surface area contributed by atoms with E-state index in [9.17, 15) is 14.0 Å². The number of para-hydroxylation sites is 1. The van der Waals surface area contributed by atoms with E-state index in [2.05, 4.69) is 20.6 Å². The molecule has 0 spiro atoms. The Morgan fingerprint density at radius 3 is 2.73 bits per heavy atom. The Kier molecular flexibility index (Phi) is 8.02. The molecule has 1 aliphatic rings. The topological polar surface area (TPSA) is 154 Å². The zero-order valence-electron chi connectivity index (χ0n) is 24.0. The third-order valence-corrected chi connectivity index (χ3v) is 7.30. The molecule has 0 radical (unpaired) electrons. The van der Waals surface area contributed by atoms with Crippen molar-refractivity contribution in [3.8, 4) is 16.9 Å². The molecule has 1 saturated heterocycles. The van der Waals surface area contributed by atoms with Gasteiger partial charge in [0.1, 0.15) is 23.3 Å². The van der Waals surface area contributed by atoms with E-state index in [1.165, 1.54) is 12.3 Å². The minimum absolute atomic E-state index is 0.150. The number of hydroxylamine groups is 2. The van der Waals surface area contributed by atoms with Crippen molar-refractivity contribution in [3.63, 3.8) is 0 Å². The lowest BCUT2D eigenvalue weighted by molar-refractivity contribution is -0.154. The lowest BCUT2D eigenvalue weighted by atomic mass is 10.0. The fourth-order valence-electron chi connectivity index (χ4n) is 5.17. The van der Waals surface area contributed by atoms with Gasteiger partial charge in [0, 0.05) is 49.9 Å². The second-order valence-electron chi connectivity index (χ2n) is 10.3. The number of carbonyl (C=O) groups is 2. The average molecular weight is 600 g/mol. The Labute approximate surface area is 251 Å². The molecule has 0 unspecified atom stereocenters. The predicted octanol–water partition coefficient (Wildman–Crippen LogP) is 3.25. The SMILES string of the molecule is COCCN1C[C@@H](NC(=O)Nc2c(C)c(-c3ccc4nc(C(N)=O)cn4c3)nn2-c2ccccc2)[C@H](c2ccnc(F)c2)O1. The van der Waals surface area contributed by atoms with Crippen LogP contribution >= 0.6 is 0 Å². The average Bonchev–Trinajstić information content (AvgIpc) is 3.72. The van der Waals surface area contributed by atoms with E-state index >= 15 is 0 Å². The predicted molar refractivity (Wildman–Crippen MR) is 158 cm³/mol. The highest BCUT2D eigenvalue weighted by atomic mass is 19.1. The van der Waals surface area contributed by atoms with E-state index in [1.54, 1.807) is 45.8 Å². The van der Waals surface area contributed by atoms with Crippen LogP contribution in [0.3, 0.4) is 0 Å². The molecule has 1 aromatic carbocycles. The number of nitrogens with one attached hydrogen (secondary N) is 2. The number of methoxy groups -OCH3 is 1. The third-order valence-electron chi connectivity index (χ3n) is 7.30. The molecular weight excluding hydrogens is 569 g/mol. The quantitative estimate of drug-likeness (QED) is 0.218. The molecule has 0 saturated carbocycles. The highest BCUT2D eigenvalue weighted by Crippen LogP contribution is 2.32. The molecule has 13 nitrogen and oxygen atoms in total. The number of fused-ring (bicyclic) bond motifs is 1. The summed E-state index contributed by atoms with van der Waals surface area (Å²) < 4.78 is 22.5. The summed E-state index contributed by atoms with van der Waals surface area (Å²) in [7, 11) is 1.59. The van der Waals surface area contributed by atoms with E-state index in [4.69, 9.17) is 20.4 Å². The van der Waals surface area contributed by atoms with Gasteiger partial charge in [-0.2, -0.15) is 14.6 Å². The summed E-state index contributed by atoms with van der Waals surface area (Å²) in [5.74, 6) is -0.809. The Bertz CT molecular complexity index is 1820. The maximum Gasteiger partial charge on any atom is 0.320 e. The number of hydrogen-bond acceptors (Lipinski definition) is 8. The number of nitrogens with zero attached hydrogens (tertiary/aromatic N) is 6. The molecule has 5 aromatic rings. The van der Waals surface area contributed by atoms with E-state index < -0.39 is 30.0 Å². The minimum Gasteiger partial charge on any atom is -0.383 e. The molecule has 4 aromatic heterocycles. The van der Waals surface area contributed by atoms with Crippen molar-refractivity contribution < 1.29 is 23.6 Å². The van der Waals surface area contributed by atoms with Gasteiger partial charge >= 0.3 is 6.03 Å². The number of ether oxygens (including phenoxy) is 1. The number of imidazole rings is 1. The molecule has 226 valence electrons. The first-order valence-corrected chi connectivity index (χ1v) is 13.8. The van der Waals surface area contributed by atoms with Gasteiger partial charge in [0.15, 0.2) is 0 Å². The van der Waals surface area contributed by atoms with Crippen molar-refractivity contribution >= 4 is 23.4 Å². The van der Waals surface area contributed by atoms with Crippen LogP contribution in [0.4, 0.5) is 15.0 Å². The van der Waals surface area contributed by atoms with Gasteiger partial charge in [-0.3, -0.25) is 14.9 Å². The third kappa shape index (κ3) is 5.86. The maximum absolute atomic E-state index is 14.0. The lowest BCUT2D eigenvalue weighted by Crippen LogP contribution is -2.42. The Balaban J connectivity index is 1.31. The van der Waals surface area contributed by atoms with Gasteiger partial charge in [0.2, 0.25) is 5.95 Å². The van der Waals surface area contributed by atoms with Crippen molar-refractivity contribution in [2.75, 3.05) is 32.1 Å². The number of amides is 3. The highest BCUT2D eigenvalue weighted by molar-refractivity contribution is 5.92. The molecule has 0 aliphatic carbocycles. The van der Waals surface area contributed by atoms with Gasteiger partial charge < -0.3 is 20.2 Å². The number of rotatable bonds is 9. The Hall–Kier alpha value is -5.18. The molecule has 2 atom stereocenters. The summed E-state index contributed by atoms with van der Waals surface area (Å²) in [5, 5.41) is 12.5. The van der Waals surface area contributed by atoms with Crippen LogP contribution in [-0.2, 0) is 9.57 Å². The number of primary amides is 1. The molecule has 0 bridgehead atoms. The molecule has 5 heterocycles. The second-order valence-corrected chi connectivity index (χ2v) is 10.3. The lowest BCUT2D eigenvalue weighted by Gasteiger charge is -2.19. The van der Waals surface area contributed by atoms with Gasteiger partial charge in [-0.25, -0.2) is 19.4 Å². The summed E-state index contributed by atoms with van der Waals surface area (Å²) in [6.45, 7) is 3.10. The summed E-state index contributed by atoms with van der Waals surface area (Å²) in [4.78, 5) is 39.1. The van der Waals surface area contributed by atoms with Gasteiger partial charge in [-0.1, -0.05) is 18.2 Å². The molecule has 6 rings (SSSR count). The van der Waals surface area contributed by atoms with Gasteiger partial charge in [0.25, 0.3) is 5.91 Å². The van der Waals surface area contributed by atoms with Crippen LogP contribution in [-0.4, -0.2) is 74.0 Å². The molecular formula is C30H30FN9O4. The first kappa shape index (κ1) is 28.9. The highest BCUT2D eigenvalue weighted by Gasteiger charge is 2.37. The Morgan fingerprint density at radius 1 is 1.16 bits per heavy atom. The number of anilines is 1. The zero-order valence-corrected chi connectivity index (χ0v) is 24.0. The molecule has 3 amide bonds. The molecule has 44 heavy (non-hydrogen) atoms. The number of halogens is 1. The number of urea groups is 1. The zero-order chi connectivity index (χ0) is 30.8. The largest absolute Gasteiger partial charge is 0.383 e.